The Kier molecular flexibility index (Phi) is 5.68. The minimum absolute atomic E-state index is 0.185. The number of benzene rings is 4. The van der Waals surface area contributed by atoms with E-state index in [1.165, 1.54) is 6.08 Å². The molecule has 4 rings (SSSR count). The van der Waals surface area contributed by atoms with Crippen LogP contribution in [0.15, 0.2) is 103 Å². The van der Waals surface area contributed by atoms with Gasteiger partial charge in [0.05, 0.1) is 0 Å². The van der Waals surface area contributed by atoms with Crippen LogP contribution in [0.2, 0.25) is 0 Å². The first-order chi connectivity index (χ1) is 14.3. The Hall–Kier alpha value is -3.85. The highest BCUT2D eigenvalue weighted by atomic mass is 16.5. The summed E-state index contributed by atoms with van der Waals surface area (Å²) in [5.74, 6) is 1.09. The third-order valence-electron chi connectivity index (χ3n) is 4.48. The van der Waals surface area contributed by atoms with Crippen molar-refractivity contribution in [2.45, 2.75) is 6.61 Å². The van der Waals surface area contributed by atoms with Crippen LogP contribution in [0.5, 0.6) is 11.5 Å². The lowest BCUT2D eigenvalue weighted by Crippen LogP contribution is -2.00. The van der Waals surface area contributed by atoms with Crippen LogP contribution in [0, 0.1) is 0 Å². The summed E-state index contributed by atoms with van der Waals surface area (Å²) in [5.41, 5.74) is 1.85. The lowest BCUT2D eigenvalue weighted by Gasteiger charge is -2.08. The van der Waals surface area contributed by atoms with Gasteiger partial charge in [0.25, 0.3) is 0 Å². The number of fused-ring (bicyclic) bond motifs is 1. The average molecular weight is 380 g/mol. The third kappa shape index (κ3) is 4.90. The monoisotopic (exact) mass is 380 g/mol. The van der Waals surface area contributed by atoms with Crippen LogP contribution in [0.4, 0.5) is 0 Å². The molecule has 0 unspecified atom stereocenters. The predicted molar refractivity (Wildman–Crippen MR) is 116 cm³/mol. The fraction of sp³-hybridized carbons (Fsp3) is 0.0385. The van der Waals surface area contributed by atoms with Crippen molar-refractivity contribution in [2.75, 3.05) is 0 Å². The summed E-state index contributed by atoms with van der Waals surface area (Å²) in [6.45, 7) is 0.185. The van der Waals surface area contributed by atoms with Gasteiger partial charge in [-0.05, 0) is 52.2 Å². The molecule has 0 aliphatic rings. The first-order valence-corrected chi connectivity index (χ1v) is 9.42. The van der Waals surface area contributed by atoms with Gasteiger partial charge < -0.3 is 9.47 Å². The molecule has 0 aromatic heterocycles. The number of hydrogen-bond acceptors (Lipinski definition) is 3. The van der Waals surface area contributed by atoms with Crippen LogP contribution < -0.4 is 4.74 Å². The summed E-state index contributed by atoms with van der Waals surface area (Å²) < 4.78 is 11.2. The van der Waals surface area contributed by atoms with Gasteiger partial charge >= 0.3 is 5.97 Å². The minimum atomic E-state index is -0.382. The number of carbonyl (C=O) groups excluding carboxylic acids is 1. The topological polar surface area (TPSA) is 35.5 Å². The van der Waals surface area contributed by atoms with Gasteiger partial charge in [-0.1, -0.05) is 72.8 Å². The van der Waals surface area contributed by atoms with E-state index in [0.717, 1.165) is 27.6 Å². The van der Waals surface area contributed by atoms with Gasteiger partial charge in [0.2, 0.25) is 0 Å². The summed E-state index contributed by atoms with van der Waals surface area (Å²) in [6.07, 6.45) is 3.26. The number of hydrogen-bond donors (Lipinski definition) is 0. The molecular formula is C26H20O3. The zero-order chi connectivity index (χ0) is 19.9. The van der Waals surface area contributed by atoms with E-state index in [4.69, 9.17) is 9.47 Å². The van der Waals surface area contributed by atoms with Crippen molar-refractivity contribution in [3.63, 3.8) is 0 Å². The van der Waals surface area contributed by atoms with Crippen LogP contribution in [-0.2, 0) is 16.1 Å². The van der Waals surface area contributed by atoms with Gasteiger partial charge in [-0.2, -0.15) is 0 Å². The van der Waals surface area contributed by atoms with Crippen molar-refractivity contribution in [3.05, 3.63) is 114 Å². The number of ether oxygens (including phenoxy) is 2. The summed E-state index contributed by atoms with van der Waals surface area (Å²) in [7, 11) is 0. The van der Waals surface area contributed by atoms with Gasteiger partial charge in [-0.3, -0.25) is 0 Å². The number of rotatable bonds is 6. The fourth-order valence-corrected chi connectivity index (χ4v) is 3.08. The molecule has 4 aromatic rings. The first kappa shape index (κ1) is 18.5. The zero-order valence-electron chi connectivity index (χ0n) is 15.8. The molecule has 0 spiro atoms. The maximum atomic E-state index is 12.2. The van der Waals surface area contributed by atoms with Crippen LogP contribution in [-0.4, -0.2) is 5.97 Å². The Morgan fingerprint density at radius 1 is 0.759 bits per heavy atom. The van der Waals surface area contributed by atoms with E-state index in [-0.39, 0.29) is 12.6 Å². The maximum absolute atomic E-state index is 12.2. The number of carbonyl (C=O) groups is 1. The van der Waals surface area contributed by atoms with Crippen LogP contribution >= 0.6 is 0 Å². The number of para-hydroxylation sites is 1. The molecule has 4 aromatic carbocycles. The summed E-state index contributed by atoms with van der Waals surface area (Å²) in [5, 5.41) is 2.24. The molecule has 0 amide bonds. The Morgan fingerprint density at radius 2 is 1.48 bits per heavy atom. The van der Waals surface area contributed by atoms with E-state index in [2.05, 4.69) is 12.1 Å². The summed E-state index contributed by atoms with van der Waals surface area (Å²) >= 11 is 0. The van der Waals surface area contributed by atoms with Gasteiger partial charge in [0, 0.05) is 6.08 Å². The molecule has 0 saturated carbocycles. The standard InChI is InChI=1S/C26H20O3/c27-26(17-16-22-11-7-10-21-9-4-5-15-25(21)22)28-19-20-8-6-14-24(18-20)29-23-12-2-1-3-13-23/h1-18H,19H2/b17-16+. The Balaban J connectivity index is 1.38. The van der Waals surface area contributed by atoms with Crippen molar-refractivity contribution in [1.29, 1.82) is 0 Å². The normalized spacial score (nSPS) is 10.9. The molecule has 3 heteroatoms. The first-order valence-electron chi connectivity index (χ1n) is 9.42. The van der Waals surface area contributed by atoms with E-state index in [0.29, 0.717) is 5.75 Å². The Morgan fingerprint density at radius 3 is 2.38 bits per heavy atom. The predicted octanol–water partition coefficient (Wildman–Crippen LogP) is 6.39. The molecule has 29 heavy (non-hydrogen) atoms. The van der Waals surface area contributed by atoms with Gasteiger partial charge in [-0.25, -0.2) is 4.79 Å². The smallest absolute Gasteiger partial charge is 0.331 e. The largest absolute Gasteiger partial charge is 0.458 e. The minimum Gasteiger partial charge on any atom is -0.458 e. The lowest BCUT2D eigenvalue weighted by molar-refractivity contribution is -0.138. The fourth-order valence-electron chi connectivity index (χ4n) is 3.08. The molecule has 0 heterocycles. The molecule has 0 saturated heterocycles. The van der Waals surface area contributed by atoms with E-state index >= 15 is 0 Å². The third-order valence-corrected chi connectivity index (χ3v) is 4.48. The van der Waals surface area contributed by atoms with Gasteiger partial charge in [0.1, 0.15) is 18.1 Å². The van der Waals surface area contributed by atoms with Crippen molar-refractivity contribution >= 4 is 22.8 Å². The highest BCUT2D eigenvalue weighted by Crippen LogP contribution is 2.22. The molecule has 0 bridgehead atoms. The molecule has 0 aliphatic heterocycles. The Bertz CT molecular complexity index is 1140. The van der Waals surface area contributed by atoms with Crippen molar-refractivity contribution < 1.29 is 14.3 Å². The van der Waals surface area contributed by atoms with Gasteiger partial charge in [-0.15, -0.1) is 0 Å². The van der Waals surface area contributed by atoms with Crippen molar-refractivity contribution in [1.82, 2.24) is 0 Å². The average Bonchev–Trinajstić information content (AvgIpc) is 2.77. The summed E-state index contributed by atoms with van der Waals surface area (Å²) in [4.78, 5) is 12.2. The second-order valence-electron chi connectivity index (χ2n) is 6.57. The number of esters is 1. The quantitative estimate of drug-likeness (QED) is 0.287. The molecule has 0 aliphatic carbocycles. The zero-order valence-corrected chi connectivity index (χ0v) is 15.8. The Labute approximate surface area is 169 Å². The highest BCUT2D eigenvalue weighted by Gasteiger charge is 2.03. The molecule has 0 fully saturated rings. The highest BCUT2D eigenvalue weighted by molar-refractivity contribution is 5.94. The molecule has 3 nitrogen and oxygen atoms in total. The van der Waals surface area contributed by atoms with Gasteiger partial charge in [0.15, 0.2) is 0 Å². The van der Waals surface area contributed by atoms with E-state index in [1.54, 1.807) is 6.08 Å². The van der Waals surface area contributed by atoms with E-state index in [9.17, 15) is 4.79 Å². The maximum Gasteiger partial charge on any atom is 0.331 e. The van der Waals surface area contributed by atoms with E-state index in [1.807, 2.05) is 84.9 Å². The van der Waals surface area contributed by atoms with E-state index < -0.39 is 0 Å². The van der Waals surface area contributed by atoms with Crippen LogP contribution in [0.25, 0.3) is 16.8 Å². The molecule has 142 valence electrons. The second-order valence-corrected chi connectivity index (χ2v) is 6.57. The molecular weight excluding hydrogens is 360 g/mol. The van der Waals surface area contributed by atoms with Crippen LogP contribution in [0.3, 0.4) is 0 Å². The second kappa shape index (κ2) is 8.89. The lowest BCUT2D eigenvalue weighted by atomic mass is 10.0. The van der Waals surface area contributed by atoms with Crippen LogP contribution in [0.1, 0.15) is 11.1 Å². The van der Waals surface area contributed by atoms with Crippen molar-refractivity contribution in [3.8, 4) is 11.5 Å². The van der Waals surface area contributed by atoms with Crippen molar-refractivity contribution in [2.24, 2.45) is 0 Å². The summed E-state index contributed by atoms with van der Waals surface area (Å²) in [6, 6.07) is 31.2. The molecule has 0 radical (unpaired) electrons. The molecule has 0 atom stereocenters. The molecule has 0 N–H and O–H groups in total. The SMILES string of the molecule is O=C(/C=C/c1cccc2ccccc12)OCc1cccc(Oc2ccccc2)c1.